The van der Waals surface area contributed by atoms with Gasteiger partial charge in [0.15, 0.2) is 23.0 Å². The molecule has 0 bridgehead atoms. The predicted octanol–water partition coefficient (Wildman–Crippen LogP) is 7.11. The van der Waals surface area contributed by atoms with Crippen LogP contribution in [0.2, 0.25) is 0 Å². The Kier molecular flexibility index (Phi) is 10.9. The lowest BCUT2D eigenvalue weighted by molar-refractivity contribution is 0.330. The van der Waals surface area contributed by atoms with Crippen molar-refractivity contribution in [3.63, 3.8) is 0 Å². The SMILES string of the molecule is COc1cccc(CCc2cc(Oc3c(OC)cc(CCc4cc(OC)cc(OC)c4)cc3OC)c(OC)cc2OC)c1. The molecule has 228 valence electrons. The van der Waals surface area contributed by atoms with Gasteiger partial charge >= 0.3 is 0 Å². The molecule has 4 aromatic rings. The van der Waals surface area contributed by atoms with Crippen LogP contribution in [0.4, 0.5) is 0 Å². The summed E-state index contributed by atoms with van der Waals surface area (Å²) in [6.45, 7) is 0. The van der Waals surface area contributed by atoms with E-state index < -0.39 is 0 Å². The minimum atomic E-state index is 0.457. The Hall–Kier alpha value is -4.72. The van der Waals surface area contributed by atoms with Gasteiger partial charge in [-0.3, -0.25) is 0 Å². The first-order chi connectivity index (χ1) is 20.9. The lowest BCUT2D eigenvalue weighted by atomic mass is 10.0. The summed E-state index contributed by atoms with van der Waals surface area (Å²) in [5, 5.41) is 0. The summed E-state index contributed by atoms with van der Waals surface area (Å²) in [6, 6.07) is 21.6. The number of aryl methyl sites for hydroxylation is 4. The summed E-state index contributed by atoms with van der Waals surface area (Å²) in [7, 11) is 11.4. The van der Waals surface area contributed by atoms with Gasteiger partial charge in [-0.2, -0.15) is 0 Å². The fourth-order valence-electron chi connectivity index (χ4n) is 4.90. The molecule has 0 saturated heterocycles. The maximum atomic E-state index is 6.47. The van der Waals surface area contributed by atoms with E-state index in [1.54, 1.807) is 49.8 Å². The van der Waals surface area contributed by atoms with Crippen LogP contribution in [0, 0.1) is 0 Å². The van der Waals surface area contributed by atoms with E-state index in [1.165, 1.54) is 0 Å². The summed E-state index contributed by atoms with van der Waals surface area (Å²) >= 11 is 0. The molecule has 0 aromatic heterocycles. The Morgan fingerprint density at radius 1 is 0.395 bits per heavy atom. The fourth-order valence-corrected chi connectivity index (χ4v) is 4.90. The zero-order valence-corrected chi connectivity index (χ0v) is 25.9. The molecule has 0 aliphatic heterocycles. The van der Waals surface area contributed by atoms with Crippen molar-refractivity contribution < 1.29 is 37.9 Å². The smallest absolute Gasteiger partial charge is 0.211 e. The zero-order chi connectivity index (χ0) is 30.8. The van der Waals surface area contributed by atoms with Gasteiger partial charge < -0.3 is 37.9 Å². The van der Waals surface area contributed by atoms with Crippen molar-refractivity contribution in [2.75, 3.05) is 49.8 Å². The highest BCUT2D eigenvalue weighted by molar-refractivity contribution is 5.59. The number of ether oxygens (including phenoxy) is 8. The van der Waals surface area contributed by atoms with Gasteiger partial charge in [0.1, 0.15) is 23.0 Å². The van der Waals surface area contributed by atoms with Crippen molar-refractivity contribution in [3.05, 3.63) is 89.0 Å². The van der Waals surface area contributed by atoms with E-state index in [9.17, 15) is 0 Å². The first-order valence-corrected chi connectivity index (χ1v) is 14.0. The molecule has 0 aliphatic carbocycles. The molecule has 0 saturated carbocycles. The number of benzene rings is 4. The second-order valence-electron chi connectivity index (χ2n) is 9.82. The van der Waals surface area contributed by atoms with Crippen molar-refractivity contribution in [3.8, 4) is 51.7 Å². The molecule has 0 unspecified atom stereocenters. The molecule has 0 radical (unpaired) electrons. The van der Waals surface area contributed by atoms with Crippen LogP contribution in [-0.4, -0.2) is 49.8 Å². The number of hydrogen-bond acceptors (Lipinski definition) is 8. The van der Waals surface area contributed by atoms with E-state index in [0.717, 1.165) is 70.9 Å². The summed E-state index contributed by atoms with van der Waals surface area (Å²) in [4.78, 5) is 0. The van der Waals surface area contributed by atoms with Crippen LogP contribution in [0.3, 0.4) is 0 Å². The molecular formula is C35H40O8. The zero-order valence-electron chi connectivity index (χ0n) is 25.9. The van der Waals surface area contributed by atoms with E-state index in [0.29, 0.717) is 28.7 Å². The predicted molar refractivity (Wildman–Crippen MR) is 167 cm³/mol. The summed E-state index contributed by atoms with van der Waals surface area (Å²) < 4.78 is 45.6. The van der Waals surface area contributed by atoms with Crippen molar-refractivity contribution >= 4 is 0 Å². The maximum Gasteiger partial charge on any atom is 0.211 e. The summed E-state index contributed by atoms with van der Waals surface area (Å²) in [5.41, 5.74) is 4.26. The molecule has 43 heavy (non-hydrogen) atoms. The maximum absolute atomic E-state index is 6.47. The average molecular weight is 589 g/mol. The van der Waals surface area contributed by atoms with Gasteiger partial charge in [0.05, 0.1) is 49.8 Å². The van der Waals surface area contributed by atoms with E-state index in [4.69, 9.17) is 37.9 Å². The van der Waals surface area contributed by atoms with Crippen LogP contribution in [-0.2, 0) is 25.7 Å². The van der Waals surface area contributed by atoms with E-state index in [2.05, 4.69) is 6.07 Å². The molecule has 0 spiro atoms. The average Bonchev–Trinajstić information content (AvgIpc) is 3.06. The normalized spacial score (nSPS) is 10.6. The highest BCUT2D eigenvalue weighted by Crippen LogP contribution is 2.45. The quantitative estimate of drug-likeness (QED) is 0.146. The van der Waals surface area contributed by atoms with Crippen molar-refractivity contribution in [1.29, 1.82) is 0 Å². The molecule has 8 heteroatoms. The minimum absolute atomic E-state index is 0.457. The summed E-state index contributed by atoms with van der Waals surface area (Å²) in [5.74, 6) is 5.67. The van der Waals surface area contributed by atoms with Crippen LogP contribution < -0.4 is 37.9 Å². The molecule has 0 heterocycles. The third-order valence-corrected chi connectivity index (χ3v) is 7.23. The highest BCUT2D eigenvalue weighted by Gasteiger charge is 2.20. The molecule has 0 atom stereocenters. The van der Waals surface area contributed by atoms with Gasteiger partial charge in [-0.25, -0.2) is 0 Å². The molecule has 0 aliphatic rings. The van der Waals surface area contributed by atoms with Gasteiger partial charge in [0.25, 0.3) is 0 Å². The lowest BCUT2D eigenvalue weighted by Crippen LogP contribution is -2.02. The Balaban J connectivity index is 1.61. The van der Waals surface area contributed by atoms with Crippen LogP contribution in [0.15, 0.2) is 66.7 Å². The Labute approximate surface area is 254 Å². The first-order valence-electron chi connectivity index (χ1n) is 14.0. The molecule has 4 rings (SSSR count). The van der Waals surface area contributed by atoms with Gasteiger partial charge in [-0.05, 0) is 90.4 Å². The van der Waals surface area contributed by atoms with Gasteiger partial charge in [-0.1, -0.05) is 12.1 Å². The Morgan fingerprint density at radius 2 is 0.930 bits per heavy atom. The third kappa shape index (κ3) is 7.77. The monoisotopic (exact) mass is 588 g/mol. The van der Waals surface area contributed by atoms with Crippen molar-refractivity contribution in [1.82, 2.24) is 0 Å². The second kappa shape index (κ2) is 15.0. The standard InChI is InChI=1S/C35H40O8/c1-36-27-10-8-9-23(15-27)13-14-26-20-32(31(40-5)22-30(26)39-4)43-35-33(41-6)18-25(19-34(35)42-7)12-11-24-16-28(37-2)21-29(17-24)38-3/h8-10,15-22H,11-14H2,1-7H3. The van der Waals surface area contributed by atoms with Gasteiger partial charge in [0, 0.05) is 12.1 Å². The van der Waals surface area contributed by atoms with Crippen LogP contribution in [0.25, 0.3) is 0 Å². The topological polar surface area (TPSA) is 73.8 Å². The molecule has 0 fully saturated rings. The Morgan fingerprint density at radius 3 is 1.49 bits per heavy atom. The highest BCUT2D eigenvalue weighted by atomic mass is 16.6. The van der Waals surface area contributed by atoms with Crippen LogP contribution in [0.1, 0.15) is 22.3 Å². The first kappa shape index (κ1) is 31.2. The summed E-state index contributed by atoms with van der Waals surface area (Å²) in [6.07, 6.45) is 3.02. The van der Waals surface area contributed by atoms with E-state index >= 15 is 0 Å². The third-order valence-electron chi connectivity index (χ3n) is 7.23. The van der Waals surface area contributed by atoms with Crippen molar-refractivity contribution in [2.24, 2.45) is 0 Å². The number of hydrogen-bond donors (Lipinski definition) is 0. The van der Waals surface area contributed by atoms with Gasteiger partial charge in [-0.15, -0.1) is 0 Å². The molecule has 8 nitrogen and oxygen atoms in total. The fraction of sp³-hybridized carbons (Fsp3) is 0.314. The molecule has 4 aromatic carbocycles. The van der Waals surface area contributed by atoms with E-state index in [1.807, 2.05) is 60.7 Å². The lowest BCUT2D eigenvalue weighted by Gasteiger charge is -2.19. The van der Waals surface area contributed by atoms with Crippen molar-refractivity contribution in [2.45, 2.75) is 25.7 Å². The number of rotatable bonds is 15. The molecular weight excluding hydrogens is 548 g/mol. The Bertz CT molecular complexity index is 1470. The second-order valence-corrected chi connectivity index (χ2v) is 9.82. The molecule has 0 amide bonds. The van der Waals surface area contributed by atoms with E-state index in [-0.39, 0.29) is 0 Å². The van der Waals surface area contributed by atoms with Crippen LogP contribution >= 0.6 is 0 Å². The molecule has 0 N–H and O–H groups in total. The van der Waals surface area contributed by atoms with Crippen LogP contribution in [0.5, 0.6) is 51.7 Å². The van der Waals surface area contributed by atoms with Gasteiger partial charge in [0.2, 0.25) is 5.75 Å². The number of methoxy groups -OCH3 is 7. The largest absolute Gasteiger partial charge is 0.497 e. The minimum Gasteiger partial charge on any atom is -0.497 e.